The van der Waals surface area contributed by atoms with Crippen LogP contribution in [-0.4, -0.2) is 85.5 Å². The second-order valence-electron chi connectivity index (χ2n) is 13.4. The van der Waals surface area contributed by atoms with Gasteiger partial charge in [0, 0.05) is 19.1 Å². The van der Waals surface area contributed by atoms with Crippen molar-refractivity contribution in [2.45, 2.75) is 82.6 Å². The average molecular weight is 668 g/mol. The molecule has 9 heteroatoms. The molecule has 2 fully saturated rings. The number of ether oxygens (including phenoxy) is 1. The number of hydrogen-bond donors (Lipinski definition) is 3. The Kier molecular flexibility index (Phi) is 13.2. The molecular formula is C40H53N5O4. The topological polar surface area (TPSA) is 103 Å². The van der Waals surface area contributed by atoms with E-state index >= 15 is 0 Å². The standard InChI is InChI=1S/C40H53N5O4/c1-4-44(28-31-13-9-6-10-14-31)26-24-32-17-18-33-19-22-36(39(47)42-25-23-29-15-20-34(49-3)21-16-29)45(33)40(48)37(32)43-38(46)35(41-2)27-30-11-7-5-8-12-30/h5-16,20-21,32-33,35-37,41H,4,17-19,22-28H2,1-3H3,(H,42,47)(H,43,46)/t32?,33?,35?,36-,37?/m0/s1. The van der Waals surface area contributed by atoms with Crippen molar-refractivity contribution >= 4 is 17.7 Å². The summed E-state index contributed by atoms with van der Waals surface area (Å²) in [5.74, 6) is 0.313. The van der Waals surface area contributed by atoms with E-state index in [2.05, 4.69) is 52.0 Å². The number of rotatable bonds is 16. The zero-order chi connectivity index (χ0) is 34.6. The molecule has 4 unspecified atom stereocenters. The monoisotopic (exact) mass is 667 g/mol. The van der Waals surface area contributed by atoms with Crippen LogP contribution in [0.5, 0.6) is 5.75 Å². The molecule has 3 aromatic rings. The van der Waals surface area contributed by atoms with Crippen molar-refractivity contribution < 1.29 is 19.1 Å². The lowest BCUT2D eigenvalue weighted by Crippen LogP contribution is -2.58. The fourth-order valence-corrected chi connectivity index (χ4v) is 7.39. The Morgan fingerprint density at radius 2 is 1.57 bits per heavy atom. The van der Waals surface area contributed by atoms with Gasteiger partial charge in [-0.05, 0) is 99.8 Å². The maximum absolute atomic E-state index is 14.6. The molecule has 0 bridgehead atoms. The lowest BCUT2D eigenvalue weighted by Gasteiger charge is -2.33. The molecular weight excluding hydrogens is 614 g/mol. The van der Waals surface area contributed by atoms with E-state index in [1.54, 1.807) is 14.2 Å². The highest BCUT2D eigenvalue weighted by Crippen LogP contribution is 2.35. The molecule has 3 N–H and O–H groups in total. The third kappa shape index (κ3) is 9.70. The van der Waals surface area contributed by atoms with Crippen LogP contribution >= 0.6 is 0 Å². The Hall–Kier alpha value is -4.21. The van der Waals surface area contributed by atoms with Crippen LogP contribution in [0.1, 0.15) is 55.7 Å². The number of fused-ring (bicyclic) bond motifs is 1. The molecule has 3 aromatic carbocycles. The molecule has 2 aliphatic heterocycles. The fraction of sp³-hybridized carbons (Fsp3) is 0.475. The van der Waals surface area contributed by atoms with Gasteiger partial charge in [-0.15, -0.1) is 0 Å². The van der Waals surface area contributed by atoms with Crippen LogP contribution in [0.25, 0.3) is 0 Å². The molecule has 49 heavy (non-hydrogen) atoms. The number of methoxy groups -OCH3 is 1. The maximum Gasteiger partial charge on any atom is 0.246 e. The summed E-state index contributed by atoms with van der Waals surface area (Å²) in [6.45, 7) is 5.18. The molecule has 2 aliphatic rings. The van der Waals surface area contributed by atoms with Gasteiger partial charge in [-0.1, -0.05) is 79.7 Å². The highest BCUT2D eigenvalue weighted by molar-refractivity contribution is 5.94. The number of nitrogens with zero attached hydrogens (tertiary/aromatic N) is 2. The molecule has 0 spiro atoms. The van der Waals surface area contributed by atoms with E-state index in [9.17, 15) is 14.4 Å². The van der Waals surface area contributed by atoms with Gasteiger partial charge in [0.2, 0.25) is 17.7 Å². The number of carbonyl (C=O) groups is 3. The predicted octanol–water partition coefficient (Wildman–Crippen LogP) is 4.35. The minimum absolute atomic E-state index is 0.00902. The summed E-state index contributed by atoms with van der Waals surface area (Å²) in [5.41, 5.74) is 3.40. The molecule has 2 heterocycles. The average Bonchev–Trinajstić information content (AvgIpc) is 3.52. The first kappa shape index (κ1) is 36.1. The highest BCUT2D eigenvalue weighted by Gasteiger charge is 2.47. The van der Waals surface area contributed by atoms with Gasteiger partial charge in [0.1, 0.15) is 17.8 Å². The van der Waals surface area contributed by atoms with E-state index in [-0.39, 0.29) is 29.7 Å². The van der Waals surface area contributed by atoms with E-state index in [0.717, 1.165) is 62.2 Å². The van der Waals surface area contributed by atoms with E-state index in [1.807, 2.05) is 65.6 Å². The maximum atomic E-state index is 14.6. The minimum atomic E-state index is -0.702. The van der Waals surface area contributed by atoms with Crippen LogP contribution in [0, 0.1) is 5.92 Å². The Labute approximate surface area is 291 Å². The van der Waals surface area contributed by atoms with Crippen molar-refractivity contribution in [1.29, 1.82) is 0 Å². The fourth-order valence-electron chi connectivity index (χ4n) is 7.39. The number of amides is 3. The molecule has 0 aliphatic carbocycles. The summed E-state index contributed by atoms with van der Waals surface area (Å²) in [5, 5.41) is 9.49. The lowest BCUT2D eigenvalue weighted by molar-refractivity contribution is -0.143. The number of carbonyl (C=O) groups excluding carboxylic acids is 3. The summed E-state index contributed by atoms with van der Waals surface area (Å²) in [6.07, 6.45) is 5.03. The van der Waals surface area contributed by atoms with Crippen molar-refractivity contribution in [2.75, 3.05) is 33.8 Å². The van der Waals surface area contributed by atoms with Crippen LogP contribution < -0.4 is 20.7 Å². The van der Waals surface area contributed by atoms with Crippen LogP contribution in [0.15, 0.2) is 84.9 Å². The smallest absolute Gasteiger partial charge is 0.246 e. The molecule has 5 atom stereocenters. The Morgan fingerprint density at radius 1 is 0.898 bits per heavy atom. The SMILES string of the molecule is CCN(CCC1CCC2CC[C@@H](C(=O)NCCc3ccc(OC)cc3)N2C(=O)C1NC(=O)C(Cc1ccccc1)NC)Cc1ccccc1. The lowest BCUT2D eigenvalue weighted by atomic mass is 9.89. The molecule has 5 rings (SSSR count). The zero-order valence-corrected chi connectivity index (χ0v) is 29.3. The Bertz CT molecular complexity index is 1490. The zero-order valence-electron chi connectivity index (χ0n) is 29.3. The van der Waals surface area contributed by atoms with Crippen molar-refractivity contribution in [3.8, 4) is 5.75 Å². The number of nitrogens with one attached hydrogen (secondary N) is 3. The highest BCUT2D eigenvalue weighted by atomic mass is 16.5. The third-order valence-corrected chi connectivity index (χ3v) is 10.3. The van der Waals surface area contributed by atoms with Crippen molar-refractivity contribution in [3.05, 3.63) is 102 Å². The normalized spacial score (nSPS) is 21.1. The third-order valence-electron chi connectivity index (χ3n) is 10.3. The van der Waals surface area contributed by atoms with Crippen molar-refractivity contribution in [3.63, 3.8) is 0 Å². The Balaban J connectivity index is 1.30. The summed E-state index contributed by atoms with van der Waals surface area (Å²) >= 11 is 0. The second-order valence-corrected chi connectivity index (χ2v) is 13.4. The van der Waals surface area contributed by atoms with E-state index < -0.39 is 18.1 Å². The molecule has 2 saturated heterocycles. The van der Waals surface area contributed by atoms with E-state index in [1.165, 1.54) is 5.56 Å². The van der Waals surface area contributed by atoms with Gasteiger partial charge >= 0.3 is 0 Å². The second kappa shape index (κ2) is 18.0. The van der Waals surface area contributed by atoms with E-state index in [4.69, 9.17) is 4.74 Å². The van der Waals surface area contributed by atoms with Crippen LogP contribution in [0.2, 0.25) is 0 Å². The van der Waals surface area contributed by atoms with Gasteiger partial charge < -0.3 is 25.6 Å². The quantitative estimate of drug-likeness (QED) is 0.210. The minimum Gasteiger partial charge on any atom is -0.497 e. The first-order valence-electron chi connectivity index (χ1n) is 17.9. The van der Waals surface area contributed by atoms with Crippen LogP contribution in [0.4, 0.5) is 0 Å². The molecule has 0 aromatic heterocycles. The first-order chi connectivity index (χ1) is 23.9. The number of likely N-dealkylation sites (N-methyl/N-ethyl adjacent to an activating group) is 1. The summed E-state index contributed by atoms with van der Waals surface area (Å²) in [7, 11) is 3.42. The molecule has 3 amide bonds. The van der Waals surface area contributed by atoms with Crippen molar-refractivity contribution in [2.24, 2.45) is 5.92 Å². The molecule has 0 radical (unpaired) electrons. The van der Waals surface area contributed by atoms with Gasteiger partial charge in [0.15, 0.2) is 0 Å². The number of hydrogen-bond acceptors (Lipinski definition) is 6. The largest absolute Gasteiger partial charge is 0.497 e. The molecule has 262 valence electrons. The van der Waals surface area contributed by atoms with Gasteiger partial charge in [-0.25, -0.2) is 0 Å². The van der Waals surface area contributed by atoms with Crippen LogP contribution in [-0.2, 0) is 33.8 Å². The number of benzene rings is 3. The summed E-state index contributed by atoms with van der Waals surface area (Å²) < 4.78 is 5.25. The first-order valence-corrected chi connectivity index (χ1v) is 17.9. The van der Waals surface area contributed by atoms with E-state index in [0.29, 0.717) is 25.8 Å². The predicted molar refractivity (Wildman–Crippen MR) is 193 cm³/mol. The van der Waals surface area contributed by atoms with Crippen molar-refractivity contribution in [1.82, 2.24) is 25.8 Å². The summed E-state index contributed by atoms with van der Waals surface area (Å²) in [6, 6.07) is 26.4. The van der Waals surface area contributed by atoms with Gasteiger partial charge in [-0.2, -0.15) is 0 Å². The van der Waals surface area contributed by atoms with Gasteiger partial charge in [-0.3, -0.25) is 19.3 Å². The van der Waals surface area contributed by atoms with Gasteiger partial charge in [0.05, 0.1) is 13.2 Å². The van der Waals surface area contributed by atoms with Crippen LogP contribution in [0.3, 0.4) is 0 Å². The molecule has 9 nitrogen and oxygen atoms in total. The molecule has 0 saturated carbocycles. The summed E-state index contributed by atoms with van der Waals surface area (Å²) in [4.78, 5) is 46.3. The Morgan fingerprint density at radius 3 is 2.22 bits per heavy atom. The van der Waals surface area contributed by atoms with Gasteiger partial charge in [0.25, 0.3) is 0 Å².